The Kier molecular flexibility index (Phi) is 79.1. The van der Waals surface area contributed by atoms with Crippen LogP contribution in [0.3, 0.4) is 0 Å². The van der Waals surface area contributed by atoms with Crippen LogP contribution in [0.25, 0.3) is 0 Å². The number of hydrogen-bond acceptors (Lipinski definition) is 4. The van der Waals surface area contributed by atoms with Crippen molar-refractivity contribution in [1.29, 1.82) is 10.5 Å². The number of nitrogens with two attached hydrogens (primary N) is 2. The van der Waals surface area contributed by atoms with Crippen molar-refractivity contribution >= 4 is 0 Å². The van der Waals surface area contributed by atoms with Gasteiger partial charge in [0.1, 0.15) is 6.42 Å². The molecule has 6 N–H and O–H groups in total. The minimum absolute atomic E-state index is 0. The van der Waals surface area contributed by atoms with E-state index in [-0.39, 0.29) is 11.9 Å². The van der Waals surface area contributed by atoms with Crippen LogP contribution in [0.4, 0.5) is 0 Å². The molecule has 0 atom stereocenters. The average Bonchev–Trinajstić information content (AvgIpc) is 1.75. The molecule has 0 unspecified atom stereocenters. The molecule has 0 saturated heterocycles. The molecule has 0 fully saturated rings. The van der Waals surface area contributed by atoms with E-state index in [1.54, 1.807) is 12.1 Å². The second kappa shape index (κ2) is 40.0. The van der Waals surface area contributed by atoms with Gasteiger partial charge in [-0.2, -0.15) is 10.5 Å². The van der Waals surface area contributed by atoms with Gasteiger partial charge < -0.3 is 5.48 Å². The standard InChI is InChI=1S/C3H2N2.H4N2.H2O/c4-2-1-3-5;1-2;/h1H2;1-2H2;1H2. The van der Waals surface area contributed by atoms with Crippen LogP contribution in [0.1, 0.15) is 6.42 Å². The van der Waals surface area contributed by atoms with E-state index < -0.39 is 0 Å². The lowest BCUT2D eigenvalue weighted by Crippen LogP contribution is -2.02. The Labute approximate surface area is 47.4 Å². The lowest BCUT2D eigenvalue weighted by molar-refractivity contribution is 0.824. The fourth-order valence-corrected chi connectivity index (χ4v) is 0.0354. The first-order valence-corrected chi connectivity index (χ1v) is 1.49. The Morgan fingerprint density at radius 2 is 1.38 bits per heavy atom. The van der Waals surface area contributed by atoms with Gasteiger partial charge >= 0.3 is 0 Å². The molecule has 0 aliphatic rings. The zero-order chi connectivity index (χ0) is 6.12. The Bertz CT molecular complexity index is 76.4. The van der Waals surface area contributed by atoms with Crippen molar-refractivity contribution < 1.29 is 5.48 Å². The molecule has 0 amide bonds. The van der Waals surface area contributed by atoms with Gasteiger partial charge in [-0.25, -0.2) is 0 Å². The largest absolute Gasteiger partial charge is 0.412 e. The molecule has 0 bridgehead atoms. The highest BCUT2D eigenvalue weighted by Gasteiger charge is 1.61. The molecule has 0 aromatic heterocycles. The molecular formula is C3H8N4O. The van der Waals surface area contributed by atoms with Gasteiger partial charge in [-0.15, -0.1) is 0 Å². The summed E-state index contributed by atoms with van der Waals surface area (Å²) in [6.07, 6.45) is 0. The third-order valence-corrected chi connectivity index (χ3v) is 0.158. The van der Waals surface area contributed by atoms with Gasteiger partial charge in [0, 0.05) is 0 Å². The summed E-state index contributed by atoms with van der Waals surface area (Å²) in [6, 6.07) is 3.31. The molecule has 0 radical (unpaired) electrons. The molecule has 0 saturated carbocycles. The molecule has 0 aliphatic heterocycles. The van der Waals surface area contributed by atoms with Crippen LogP contribution in [0, 0.1) is 22.7 Å². The monoisotopic (exact) mass is 116 g/mol. The van der Waals surface area contributed by atoms with E-state index in [2.05, 4.69) is 11.7 Å². The lowest BCUT2D eigenvalue weighted by Gasteiger charge is -1.45. The van der Waals surface area contributed by atoms with Crippen molar-refractivity contribution in [3.8, 4) is 12.1 Å². The summed E-state index contributed by atoms with van der Waals surface area (Å²) in [6.45, 7) is 0. The SMILES string of the molecule is N#CCC#N.NN.O. The van der Waals surface area contributed by atoms with Gasteiger partial charge in [-0.1, -0.05) is 0 Å². The first kappa shape index (κ1) is 15.8. The quantitative estimate of drug-likeness (QED) is 0.292. The Morgan fingerprint density at radius 3 is 1.38 bits per heavy atom. The van der Waals surface area contributed by atoms with Crippen LogP contribution < -0.4 is 11.7 Å². The predicted octanol–water partition coefficient (Wildman–Crippen LogP) is -1.58. The van der Waals surface area contributed by atoms with E-state index in [0.717, 1.165) is 0 Å². The number of nitrogens with zero attached hydrogens (tertiary/aromatic N) is 2. The van der Waals surface area contributed by atoms with Crippen LogP contribution in [0.5, 0.6) is 0 Å². The number of nitriles is 2. The number of hydrogen-bond donors (Lipinski definition) is 2. The second-order valence-corrected chi connectivity index (χ2v) is 0.493. The highest BCUT2D eigenvalue weighted by atomic mass is 16.0. The summed E-state index contributed by atoms with van der Waals surface area (Å²) in [5, 5.41) is 15.2. The molecular weight excluding hydrogens is 108 g/mol. The molecule has 0 aromatic rings. The maximum atomic E-state index is 7.59. The predicted molar refractivity (Wildman–Crippen MR) is 27.8 cm³/mol. The Hall–Kier alpha value is -1.14. The molecule has 0 spiro atoms. The molecule has 0 aromatic carbocycles. The highest BCUT2D eigenvalue weighted by molar-refractivity contribution is 4.85. The van der Waals surface area contributed by atoms with E-state index in [9.17, 15) is 0 Å². The van der Waals surface area contributed by atoms with Gasteiger partial charge in [0.05, 0.1) is 12.1 Å². The van der Waals surface area contributed by atoms with Crippen molar-refractivity contribution in [3.05, 3.63) is 0 Å². The second-order valence-electron chi connectivity index (χ2n) is 0.493. The first-order chi connectivity index (χ1) is 3.41. The van der Waals surface area contributed by atoms with Crippen LogP contribution in [-0.4, -0.2) is 5.48 Å². The summed E-state index contributed by atoms with van der Waals surface area (Å²) in [5.41, 5.74) is 0. The topological polar surface area (TPSA) is 131 Å². The number of rotatable bonds is 0. The summed E-state index contributed by atoms with van der Waals surface area (Å²) in [5.74, 6) is 8.00. The third-order valence-electron chi connectivity index (χ3n) is 0.158. The van der Waals surface area contributed by atoms with E-state index in [0.29, 0.717) is 0 Å². The van der Waals surface area contributed by atoms with Crippen LogP contribution in [0.15, 0.2) is 0 Å². The fourth-order valence-electron chi connectivity index (χ4n) is 0.0354. The maximum absolute atomic E-state index is 7.59. The van der Waals surface area contributed by atoms with Crippen molar-refractivity contribution in [2.24, 2.45) is 11.7 Å². The van der Waals surface area contributed by atoms with E-state index in [1.807, 2.05) is 0 Å². The third kappa shape index (κ3) is 97.9. The zero-order valence-corrected chi connectivity index (χ0v) is 4.26. The van der Waals surface area contributed by atoms with Gasteiger partial charge in [0.2, 0.25) is 0 Å². The molecule has 0 rings (SSSR count). The molecule has 8 heavy (non-hydrogen) atoms. The van der Waals surface area contributed by atoms with Crippen LogP contribution >= 0.6 is 0 Å². The minimum Gasteiger partial charge on any atom is -0.412 e. The van der Waals surface area contributed by atoms with Crippen LogP contribution in [0.2, 0.25) is 0 Å². The van der Waals surface area contributed by atoms with Crippen LogP contribution in [-0.2, 0) is 0 Å². The molecule has 0 aliphatic carbocycles. The van der Waals surface area contributed by atoms with E-state index >= 15 is 0 Å². The van der Waals surface area contributed by atoms with Crippen molar-refractivity contribution in [2.45, 2.75) is 6.42 Å². The van der Waals surface area contributed by atoms with Gasteiger partial charge in [0.25, 0.3) is 0 Å². The normalized spacial score (nSPS) is 3.50. The summed E-state index contributed by atoms with van der Waals surface area (Å²) in [7, 11) is 0. The van der Waals surface area contributed by atoms with Crippen molar-refractivity contribution in [3.63, 3.8) is 0 Å². The van der Waals surface area contributed by atoms with Crippen molar-refractivity contribution in [2.75, 3.05) is 0 Å². The summed E-state index contributed by atoms with van der Waals surface area (Å²) >= 11 is 0. The molecule has 5 heteroatoms. The fraction of sp³-hybridized carbons (Fsp3) is 0.333. The van der Waals surface area contributed by atoms with E-state index in [1.165, 1.54) is 0 Å². The van der Waals surface area contributed by atoms with Crippen molar-refractivity contribution in [1.82, 2.24) is 0 Å². The first-order valence-electron chi connectivity index (χ1n) is 1.49. The molecule has 5 nitrogen and oxygen atoms in total. The summed E-state index contributed by atoms with van der Waals surface area (Å²) < 4.78 is 0. The average molecular weight is 116 g/mol. The zero-order valence-electron chi connectivity index (χ0n) is 4.26. The lowest BCUT2D eigenvalue weighted by atomic mass is 10.5. The Morgan fingerprint density at radius 1 is 1.12 bits per heavy atom. The van der Waals surface area contributed by atoms with Gasteiger partial charge in [0.15, 0.2) is 0 Å². The highest BCUT2D eigenvalue weighted by Crippen LogP contribution is 1.59. The Balaban J connectivity index is -0.0000000750. The van der Waals surface area contributed by atoms with Gasteiger partial charge in [-0.3, -0.25) is 11.7 Å². The number of hydrazine groups is 1. The van der Waals surface area contributed by atoms with Gasteiger partial charge in [-0.05, 0) is 0 Å². The molecule has 0 heterocycles. The maximum Gasteiger partial charge on any atom is 0.122 e. The smallest absolute Gasteiger partial charge is 0.122 e. The minimum atomic E-state index is 0. The summed E-state index contributed by atoms with van der Waals surface area (Å²) in [4.78, 5) is 0. The molecule has 46 valence electrons. The van der Waals surface area contributed by atoms with E-state index in [4.69, 9.17) is 10.5 Å².